The lowest BCUT2D eigenvalue weighted by Gasteiger charge is -2.45. The van der Waals surface area contributed by atoms with Gasteiger partial charge in [0.2, 0.25) is 0 Å². The van der Waals surface area contributed by atoms with Gasteiger partial charge in [0.05, 0.1) is 30.3 Å². The van der Waals surface area contributed by atoms with Crippen molar-refractivity contribution in [2.24, 2.45) is 35.0 Å². The molecule has 5 rings (SSSR count). The Morgan fingerprint density at radius 1 is 1.00 bits per heavy atom. The smallest absolute Gasteiger partial charge is 0.411 e. The Labute approximate surface area is 337 Å². The van der Waals surface area contributed by atoms with E-state index in [1.165, 1.54) is 13.0 Å². The lowest BCUT2D eigenvalue weighted by Crippen LogP contribution is -2.58. The molecule has 3 fully saturated rings. The van der Waals surface area contributed by atoms with Crippen LogP contribution in [0.25, 0.3) is 11.3 Å². The van der Waals surface area contributed by atoms with Gasteiger partial charge in [-0.2, -0.15) is 0 Å². The lowest BCUT2D eigenvalue weighted by atomic mass is 9.69. The number of ketones is 2. The second-order valence-electron chi connectivity index (χ2n) is 17.6. The summed E-state index contributed by atoms with van der Waals surface area (Å²) in [5.41, 5.74) is 0.307. The standard InChI is InChI=1S/C44H64N4O9/c1-12-34-44(13-2)38(48(42(53)57-44)19-15-14-18-47-23-33(46-24-47)32-17-16-27(5)45-22-32)29(7)35(49)26(4)21-43(10,11)39(30(8)37(51)31(9)40(52)55-34)56-41-36(50)25(3)20-28(6)54-41/h13,16-17,22-26,28-31,34,36,38-39,41,50H,2,12,14-15,18-21H2,1,3-11H3/t25-,26+,28+,29-,30-,31+,34+,36+,38+,39+,41-,44+/m0/s1. The Morgan fingerprint density at radius 3 is 2.35 bits per heavy atom. The molecule has 0 spiro atoms. The van der Waals surface area contributed by atoms with E-state index in [-0.39, 0.29) is 30.8 Å². The van der Waals surface area contributed by atoms with Gasteiger partial charge in [0.15, 0.2) is 17.7 Å². The summed E-state index contributed by atoms with van der Waals surface area (Å²) in [6, 6.07) is 3.09. The van der Waals surface area contributed by atoms with E-state index in [0.29, 0.717) is 32.2 Å². The molecule has 0 aliphatic carbocycles. The second-order valence-corrected chi connectivity index (χ2v) is 17.6. The first kappa shape index (κ1) is 44.2. The number of aliphatic hydroxyl groups is 1. The first-order valence-corrected chi connectivity index (χ1v) is 20.7. The highest BCUT2D eigenvalue weighted by Gasteiger charge is 2.61. The molecule has 13 nitrogen and oxygen atoms in total. The predicted octanol–water partition coefficient (Wildman–Crippen LogP) is 6.73. The third-order valence-corrected chi connectivity index (χ3v) is 12.6. The molecular weight excluding hydrogens is 729 g/mol. The molecular formula is C44H64N4O9. The minimum atomic E-state index is -1.56. The van der Waals surface area contributed by atoms with Crippen molar-refractivity contribution in [2.45, 2.75) is 150 Å². The SMILES string of the molecule is C=C[C@]12OC(=O)N(CCCCn3cnc(-c4ccc(C)nc4)c3)[C@@H]1[C@@H](C)C(=O)[C@H](C)CC(C)(C)[C@H](O[C@@H]1O[C@H](C)C[C@H](C)[C@H]1O)[C@@H](C)C(=O)[C@@H](C)C(=O)O[C@@H]2CC. The number of hydrogen-bond acceptors (Lipinski definition) is 11. The van der Waals surface area contributed by atoms with Crippen LogP contribution in [0, 0.1) is 41.9 Å². The zero-order valence-electron chi connectivity index (χ0n) is 35.5. The summed E-state index contributed by atoms with van der Waals surface area (Å²) in [6.45, 7) is 23.3. The maximum atomic E-state index is 14.7. The van der Waals surface area contributed by atoms with Crippen LogP contribution in [0.5, 0.6) is 0 Å². The first-order chi connectivity index (χ1) is 26.8. The van der Waals surface area contributed by atoms with Gasteiger partial charge in [0, 0.05) is 54.5 Å². The van der Waals surface area contributed by atoms with Crippen LogP contribution in [0.15, 0.2) is 43.5 Å². The number of fused-ring (bicyclic) bond motifs is 1. The number of amides is 1. The van der Waals surface area contributed by atoms with E-state index in [0.717, 1.165) is 17.0 Å². The number of aliphatic hydroxyl groups excluding tert-OH is 1. The van der Waals surface area contributed by atoms with E-state index in [4.69, 9.17) is 18.9 Å². The number of cyclic esters (lactones) is 1. The number of hydrogen-bond donors (Lipinski definition) is 1. The van der Waals surface area contributed by atoms with Gasteiger partial charge in [-0.05, 0) is 82.4 Å². The summed E-state index contributed by atoms with van der Waals surface area (Å²) in [4.78, 5) is 67.3. The number of rotatable bonds is 10. The summed E-state index contributed by atoms with van der Waals surface area (Å²) < 4.78 is 27.0. The van der Waals surface area contributed by atoms with Gasteiger partial charge < -0.3 is 28.6 Å². The van der Waals surface area contributed by atoms with Crippen molar-refractivity contribution in [3.63, 3.8) is 0 Å². The Bertz CT molecular complexity index is 1760. The van der Waals surface area contributed by atoms with Gasteiger partial charge in [-0.15, -0.1) is 0 Å². The molecule has 2 aromatic rings. The fourth-order valence-corrected chi connectivity index (χ4v) is 9.43. The molecule has 57 heavy (non-hydrogen) atoms. The number of ether oxygens (including phenoxy) is 4. The monoisotopic (exact) mass is 792 g/mol. The Morgan fingerprint density at radius 2 is 1.70 bits per heavy atom. The van der Waals surface area contributed by atoms with E-state index in [2.05, 4.69) is 16.5 Å². The molecule has 0 radical (unpaired) electrons. The molecule has 3 saturated heterocycles. The van der Waals surface area contributed by atoms with Crippen molar-refractivity contribution in [2.75, 3.05) is 6.54 Å². The predicted molar refractivity (Wildman–Crippen MR) is 214 cm³/mol. The van der Waals surface area contributed by atoms with Crippen molar-refractivity contribution < 1.29 is 43.2 Å². The number of unbranched alkanes of at least 4 members (excludes halogenated alkanes) is 1. The van der Waals surface area contributed by atoms with Crippen molar-refractivity contribution in [3.05, 3.63) is 49.2 Å². The van der Waals surface area contributed by atoms with Crippen LogP contribution >= 0.6 is 0 Å². The molecule has 1 amide bonds. The zero-order valence-corrected chi connectivity index (χ0v) is 35.5. The molecule has 5 heterocycles. The Kier molecular flexibility index (Phi) is 13.9. The van der Waals surface area contributed by atoms with Gasteiger partial charge in [-0.25, -0.2) is 9.78 Å². The van der Waals surface area contributed by atoms with E-state index >= 15 is 0 Å². The summed E-state index contributed by atoms with van der Waals surface area (Å²) in [6.07, 6.45) is 4.95. The number of carbonyl (C=O) groups is 4. The fraction of sp³-hybridized carbons (Fsp3) is 0.682. The van der Waals surface area contributed by atoms with Crippen LogP contribution < -0.4 is 0 Å². The van der Waals surface area contributed by atoms with E-state index in [1.54, 1.807) is 38.2 Å². The minimum Gasteiger partial charge on any atom is -0.457 e. The molecule has 3 aliphatic heterocycles. The van der Waals surface area contributed by atoms with Gasteiger partial charge >= 0.3 is 12.1 Å². The maximum Gasteiger partial charge on any atom is 0.411 e. The molecule has 0 aromatic carbocycles. The summed E-state index contributed by atoms with van der Waals surface area (Å²) in [5.74, 6) is -4.70. The van der Waals surface area contributed by atoms with Gasteiger partial charge in [0.25, 0.3) is 0 Å². The summed E-state index contributed by atoms with van der Waals surface area (Å²) >= 11 is 0. The fourth-order valence-electron chi connectivity index (χ4n) is 9.43. The van der Waals surface area contributed by atoms with Crippen molar-refractivity contribution in [3.8, 4) is 11.3 Å². The lowest BCUT2D eigenvalue weighted by molar-refractivity contribution is -0.284. The molecule has 12 atom stereocenters. The number of imidazole rings is 1. The molecule has 13 heteroatoms. The van der Waals surface area contributed by atoms with Crippen LogP contribution in [0.1, 0.15) is 100 Å². The first-order valence-electron chi connectivity index (χ1n) is 20.7. The van der Waals surface area contributed by atoms with Crippen LogP contribution in [-0.2, 0) is 39.9 Å². The second kappa shape index (κ2) is 17.9. The molecule has 314 valence electrons. The van der Waals surface area contributed by atoms with Crippen LogP contribution in [0.4, 0.5) is 4.79 Å². The van der Waals surface area contributed by atoms with Crippen LogP contribution in [-0.4, -0.2) is 97.1 Å². The van der Waals surface area contributed by atoms with E-state index in [9.17, 15) is 24.3 Å². The third kappa shape index (κ3) is 9.20. The topological polar surface area (TPSA) is 159 Å². The number of aromatic nitrogens is 3. The Balaban J connectivity index is 1.43. The highest BCUT2D eigenvalue weighted by atomic mass is 16.7. The number of aryl methyl sites for hydroxylation is 2. The number of pyridine rings is 1. The van der Waals surface area contributed by atoms with Crippen LogP contribution in [0.2, 0.25) is 0 Å². The van der Waals surface area contributed by atoms with Crippen LogP contribution in [0.3, 0.4) is 0 Å². The summed E-state index contributed by atoms with van der Waals surface area (Å²) in [5, 5.41) is 11.1. The summed E-state index contributed by atoms with van der Waals surface area (Å²) in [7, 11) is 0. The molecule has 0 saturated carbocycles. The van der Waals surface area contributed by atoms with Crippen molar-refractivity contribution in [1.29, 1.82) is 0 Å². The zero-order chi connectivity index (χ0) is 42.0. The minimum absolute atomic E-state index is 0.0994. The highest BCUT2D eigenvalue weighted by molar-refractivity contribution is 6.00. The van der Waals surface area contributed by atoms with E-state index in [1.807, 2.05) is 64.4 Å². The number of carbonyl (C=O) groups excluding carboxylic acids is 4. The molecule has 2 aromatic heterocycles. The third-order valence-electron chi connectivity index (χ3n) is 12.6. The Hall–Kier alpha value is -3.94. The average molecular weight is 793 g/mol. The largest absolute Gasteiger partial charge is 0.457 e. The van der Waals surface area contributed by atoms with Gasteiger partial charge in [0.1, 0.15) is 23.9 Å². The molecule has 0 unspecified atom stereocenters. The van der Waals surface area contributed by atoms with Gasteiger partial charge in [-0.3, -0.25) is 24.3 Å². The maximum absolute atomic E-state index is 14.7. The molecule has 3 aliphatic rings. The van der Waals surface area contributed by atoms with Crippen molar-refractivity contribution >= 4 is 23.6 Å². The van der Waals surface area contributed by atoms with Gasteiger partial charge in [-0.1, -0.05) is 55.0 Å². The van der Waals surface area contributed by atoms with Crippen molar-refractivity contribution in [1.82, 2.24) is 19.4 Å². The molecule has 0 bridgehead atoms. The average Bonchev–Trinajstić information content (AvgIpc) is 3.76. The number of esters is 1. The molecule has 1 N–H and O–H groups in total. The normalized spacial score (nSPS) is 35.3. The highest BCUT2D eigenvalue weighted by Crippen LogP contribution is 2.45. The quantitative estimate of drug-likeness (QED) is 0.118. The number of nitrogens with zero attached hydrogens (tertiary/aromatic N) is 4. The number of Topliss-reactive ketones (excluding diaryl/α,β-unsaturated/α-hetero) is 2. The van der Waals surface area contributed by atoms with E-state index < -0.39 is 83.2 Å².